The fraction of sp³-hybridized carbons (Fsp3) is 0.714. The van der Waals surface area contributed by atoms with Gasteiger partial charge in [-0.15, -0.1) is 0 Å². The average Bonchev–Trinajstić information content (AvgIpc) is 1.77. The molecule has 7 heteroatoms. The summed E-state index contributed by atoms with van der Waals surface area (Å²) in [6.07, 6.45) is -6.25. The molecule has 0 aliphatic heterocycles. The molecule has 0 atom stereocenters. The van der Waals surface area contributed by atoms with Crippen LogP contribution in [0.4, 0.5) is 13.2 Å². The Kier molecular flexibility index (Phi) is 2.21. The lowest BCUT2D eigenvalue weighted by atomic mass is 9.61. The van der Waals surface area contributed by atoms with Crippen molar-refractivity contribution < 1.29 is 33.0 Å². The smallest absolute Gasteiger partial charge is 0.391 e. The number of aliphatic carboxylic acids is 2. The second-order valence-electron chi connectivity index (χ2n) is 3.34. The normalized spacial score (nSPS) is 21.4. The maximum atomic E-state index is 12.0. The Balaban J connectivity index is 2.76. The maximum Gasteiger partial charge on any atom is 0.391 e. The molecule has 1 saturated carbocycles. The van der Waals surface area contributed by atoms with E-state index < -0.39 is 42.3 Å². The van der Waals surface area contributed by atoms with Crippen LogP contribution in [-0.4, -0.2) is 28.3 Å². The van der Waals surface area contributed by atoms with Gasteiger partial charge in [0, 0.05) is 0 Å². The number of carbonyl (C=O) groups is 2. The molecule has 0 amide bonds. The van der Waals surface area contributed by atoms with E-state index in [9.17, 15) is 22.8 Å². The Morgan fingerprint density at radius 2 is 1.50 bits per heavy atom. The highest BCUT2D eigenvalue weighted by Crippen LogP contribution is 2.52. The van der Waals surface area contributed by atoms with Crippen LogP contribution in [0.15, 0.2) is 0 Å². The molecule has 0 spiro atoms. The van der Waals surface area contributed by atoms with Crippen LogP contribution in [-0.2, 0) is 9.59 Å². The van der Waals surface area contributed by atoms with Gasteiger partial charge in [-0.25, -0.2) is 0 Å². The van der Waals surface area contributed by atoms with E-state index in [1.54, 1.807) is 0 Å². The molecule has 1 aliphatic carbocycles. The van der Waals surface area contributed by atoms with Gasteiger partial charge < -0.3 is 10.2 Å². The van der Waals surface area contributed by atoms with E-state index in [-0.39, 0.29) is 0 Å². The molecule has 0 aromatic heterocycles. The van der Waals surface area contributed by atoms with Crippen LogP contribution in [0.5, 0.6) is 0 Å². The zero-order valence-corrected chi connectivity index (χ0v) is 6.84. The van der Waals surface area contributed by atoms with Gasteiger partial charge >= 0.3 is 18.1 Å². The number of halogens is 3. The molecule has 0 heterocycles. The Bertz CT molecular complexity index is 261. The second-order valence-corrected chi connectivity index (χ2v) is 3.34. The van der Waals surface area contributed by atoms with Crippen LogP contribution in [0.3, 0.4) is 0 Å². The van der Waals surface area contributed by atoms with Crippen LogP contribution in [0.1, 0.15) is 12.8 Å². The van der Waals surface area contributed by atoms with Crippen LogP contribution in [0, 0.1) is 11.3 Å². The highest BCUT2D eigenvalue weighted by molar-refractivity contribution is 5.99. The van der Waals surface area contributed by atoms with Gasteiger partial charge in [0.25, 0.3) is 0 Å². The van der Waals surface area contributed by atoms with Gasteiger partial charge in [-0.1, -0.05) is 0 Å². The summed E-state index contributed by atoms with van der Waals surface area (Å²) in [7, 11) is 0. The SMILES string of the molecule is O=C(O)C1(C(=O)O)CC(C(F)(F)F)C1. The average molecular weight is 212 g/mol. The zero-order valence-electron chi connectivity index (χ0n) is 6.84. The van der Waals surface area contributed by atoms with E-state index >= 15 is 0 Å². The first-order chi connectivity index (χ1) is 6.20. The number of carboxylic acid groups (broad SMARTS) is 2. The molecule has 0 unspecified atom stereocenters. The van der Waals surface area contributed by atoms with E-state index in [0.717, 1.165) is 0 Å². The predicted molar refractivity (Wildman–Crippen MR) is 36.5 cm³/mol. The molecular weight excluding hydrogens is 205 g/mol. The van der Waals surface area contributed by atoms with E-state index in [0.29, 0.717) is 0 Å². The van der Waals surface area contributed by atoms with Crippen LogP contribution >= 0.6 is 0 Å². The van der Waals surface area contributed by atoms with Gasteiger partial charge in [-0.2, -0.15) is 13.2 Å². The Morgan fingerprint density at radius 3 is 1.71 bits per heavy atom. The molecule has 4 nitrogen and oxygen atoms in total. The van der Waals surface area contributed by atoms with Crippen molar-refractivity contribution in [3.8, 4) is 0 Å². The van der Waals surface area contributed by atoms with Crippen LogP contribution in [0.2, 0.25) is 0 Å². The first-order valence-corrected chi connectivity index (χ1v) is 3.73. The van der Waals surface area contributed by atoms with Gasteiger partial charge in [0.15, 0.2) is 5.41 Å². The number of hydrogen-bond acceptors (Lipinski definition) is 2. The van der Waals surface area contributed by atoms with Crippen molar-refractivity contribution >= 4 is 11.9 Å². The molecule has 1 rings (SSSR count). The van der Waals surface area contributed by atoms with Gasteiger partial charge in [0.1, 0.15) is 0 Å². The Morgan fingerprint density at radius 1 is 1.14 bits per heavy atom. The third-order valence-electron chi connectivity index (χ3n) is 2.47. The third-order valence-corrected chi connectivity index (χ3v) is 2.47. The van der Waals surface area contributed by atoms with Crippen LogP contribution < -0.4 is 0 Å². The summed E-state index contributed by atoms with van der Waals surface area (Å²) in [5, 5.41) is 17.0. The molecular formula is C7H7F3O4. The van der Waals surface area contributed by atoms with E-state index in [1.807, 2.05) is 0 Å². The minimum absolute atomic E-state index is 0.874. The lowest BCUT2D eigenvalue weighted by Gasteiger charge is -2.41. The van der Waals surface area contributed by atoms with Crippen molar-refractivity contribution in [3.05, 3.63) is 0 Å². The zero-order chi connectivity index (χ0) is 11.1. The number of alkyl halides is 3. The molecule has 0 bridgehead atoms. The van der Waals surface area contributed by atoms with Gasteiger partial charge in [-0.3, -0.25) is 9.59 Å². The number of carboxylic acids is 2. The third kappa shape index (κ3) is 1.42. The van der Waals surface area contributed by atoms with Gasteiger partial charge in [0.2, 0.25) is 0 Å². The highest BCUT2D eigenvalue weighted by Gasteiger charge is 2.63. The lowest BCUT2D eigenvalue weighted by molar-refractivity contribution is -0.228. The predicted octanol–water partition coefficient (Wildman–Crippen LogP) is 1.11. The summed E-state index contributed by atoms with van der Waals surface area (Å²) in [5.74, 6) is -5.22. The summed E-state index contributed by atoms with van der Waals surface area (Å²) in [6.45, 7) is 0. The van der Waals surface area contributed by atoms with Crippen molar-refractivity contribution in [2.45, 2.75) is 19.0 Å². The molecule has 80 valence electrons. The number of hydrogen-bond donors (Lipinski definition) is 2. The monoisotopic (exact) mass is 212 g/mol. The lowest BCUT2D eigenvalue weighted by Crippen LogP contribution is -2.53. The topological polar surface area (TPSA) is 74.6 Å². The highest BCUT2D eigenvalue weighted by atomic mass is 19.4. The number of rotatable bonds is 2. The molecule has 1 aliphatic rings. The van der Waals surface area contributed by atoms with E-state index in [2.05, 4.69) is 0 Å². The molecule has 2 N–H and O–H groups in total. The first-order valence-electron chi connectivity index (χ1n) is 3.73. The minimum Gasteiger partial charge on any atom is -0.480 e. The molecule has 0 aromatic carbocycles. The van der Waals surface area contributed by atoms with Gasteiger partial charge in [-0.05, 0) is 12.8 Å². The first kappa shape index (κ1) is 10.8. The fourth-order valence-electron chi connectivity index (χ4n) is 1.45. The van der Waals surface area contributed by atoms with Gasteiger partial charge in [0.05, 0.1) is 5.92 Å². The van der Waals surface area contributed by atoms with Crippen molar-refractivity contribution in [1.82, 2.24) is 0 Å². The maximum absolute atomic E-state index is 12.0. The molecule has 0 aromatic rings. The minimum atomic E-state index is -4.51. The largest absolute Gasteiger partial charge is 0.480 e. The summed E-state index contributed by atoms with van der Waals surface area (Å²) in [5.41, 5.74) is -2.24. The summed E-state index contributed by atoms with van der Waals surface area (Å²) < 4.78 is 36.0. The summed E-state index contributed by atoms with van der Waals surface area (Å²) in [4.78, 5) is 20.9. The molecule has 1 fully saturated rings. The Labute approximate surface area is 76.3 Å². The standard InChI is InChI=1S/C7H7F3O4/c8-7(9,10)3-1-6(2-3,4(11)12)5(13)14/h3H,1-2H2,(H,11,12)(H,13,14). The Hall–Kier alpha value is -1.27. The molecule has 0 radical (unpaired) electrons. The molecule has 14 heavy (non-hydrogen) atoms. The van der Waals surface area contributed by atoms with Crippen molar-refractivity contribution in [1.29, 1.82) is 0 Å². The summed E-state index contributed by atoms with van der Waals surface area (Å²) >= 11 is 0. The quantitative estimate of drug-likeness (QED) is 0.672. The van der Waals surface area contributed by atoms with E-state index in [4.69, 9.17) is 10.2 Å². The fourth-order valence-corrected chi connectivity index (χ4v) is 1.45. The van der Waals surface area contributed by atoms with Crippen molar-refractivity contribution in [2.75, 3.05) is 0 Å². The summed E-state index contributed by atoms with van der Waals surface area (Å²) in [6, 6.07) is 0. The molecule has 0 saturated heterocycles. The van der Waals surface area contributed by atoms with Crippen LogP contribution in [0.25, 0.3) is 0 Å². The van der Waals surface area contributed by atoms with Crippen molar-refractivity contribution in [2.24, 2.45) is 11.3 Å². The second kappa shape index (κ2) is 2.86. The van der Waals surface area contributed by atoms with E-state index in [1.165, 1.54) is 0 Å². The van der Waals surface area contributed by atoms with Crippen molar-refractivity contribution in [3.63, 3.8) is 0 Å².